The van der Waals surface area contributed by atoms with E-state index in [2.05, 4.69) is 57.1 Å². The van der Waals surface area contributed by atoms with Gasteiger partial charge in [-0.15, -0.1) is 11.3 Å². The third kappa shape index (κ3) is 3.82. The van der Waals surface area contributed by atoms with Crippen molar-refractivity contribution in [2.45, 2.75) is 39.3 Å². The number of nitrogens with two attached hydrogens (primary N) is 1. The first-order valence-corrected chi connectivity index (χ1v) is 13.2. The van der Waals surface area contributed by atoms with E-state index in [1.807, 2.05) is 0 Å². The Morgan fingerprint density at radius 3 is 2.45 bits per heavy atom. The second kappa shape index (κ2) is 8.38. The molecule has 7 rings (SSSR count). The van der Waals surface area contributed by atoms with Crippen LogP contribution in [0.15, 0.2) is 35.7 Å². The Kier molecular flexibility index (Phi) is 5.35. The van der Waals surface area contributed by atoms with Crippen molar-refractivity contribution < 1.29 is 4.48 Å². The number of nitrogen functional groups attached to an aromatic ring is 1. The van der Waals surface area contributed by atoms with Gasteiger partial charge in [0.2, 0.25) is 0 Å². The molecule has 0 atom stereocenters. The summed E-state index contributed by atoms with van der Waals surface area (Å²) in [6.07, 6.45) is 3.24. The van der Waals surface area contributed by atoms with Crippen LogP contribution >= 0.6 is 11.3 Å². The molecule has 0 unspecified atom stereocenters. The largest absolute Gasteiger partial charge is 0.382 e. The number of hydrogen-bond donors (Lipinski definition) is 1. The molecule has 6 nitrogen and oxygen atoms in total. The first-order chi connectivity index (χ1) is 16.1. The third-order valence-electron chi connectivity index (χ3n) is 7.70. The van der Waals surface area contributed by atoms with Gasteiger partial charge in [0, 0.05) is 38.2 Å². The standard InChI is InChI=1S/C26H33N6S/c1-2-3-4-22-29-23-24(25-21(9-16-33-25)28-26(23)27)31(22)17-19-5-7-20(8-6-19)18-32-13-10-30(11-14-32)12-15-32/h5-9,16H,2-4,10-15,17-18H2,1H3,(H2,27,28)/q+1. The van der Waals surface area contributed by atoms with Gasteiger partial charge < -0.3 is 14.8 Å². The minimum Gasteiger partial charge on any atom is -0.382 e. The molecule has 4 aromatic rings. The van der Waals surface area contributed by atoms with Gasteiger partial charge in [0.25, 0.3) is 0 Å². The summed E-state index contributed by atoms with van der Waals surface area (Å²) in [6.45, 7) is 11.9. The van der Waals surface area contributed by atoms with E-state index in [-0.39, 0.29) is 0 Å². The van der Waals surface area contributed by atoms with Crippen molar-refractivity contribution in [3.8, 4) is 0 Å². The molecule has 0 spiro atoms. The number of aryl methyl sites for hydroxylation is 1. The van der Waals surface area contributed by atoms with E-state index >= 15 is 0 Å². The van der Waals surface area contributed by atoms with Crippen molar-refractivity contribution in [3.63, 3.8) is 0 Å². The summed E-state index contributed by atoms with van der Waals surface area (Å²) < 4.78 is 4.85. The first-order valence-electron chi connectivity index (χ1n) is 12.3. The van der Waals surface area contributed by atoms with Crippen LogP contribution in [0.4, 0.5) is 5.82 Å². The predicted molar refractivity (Wildman–Crippen MR) is 136 cm³/mol. The molecule has 7 heteroatoms. The topological polar surface area (TPSA) is 60.0 Å². The maximum absolute atomic E-state index is 6.34. The van der Waals surface area contributed by atoms with Crippen LogP contribution < -0.4 is 5.73 Å². The molecule has 2 bridgehead atoms. The van der Waals surface area contributed by atoms with E-state index in [4.69, 9.17) is 10.7 Å². The van der Waals surface area contributed by atoms with Crippen LogP contribution in [0.1, 0.15) is 36.7 Å². The zero-order valence-electron chi connectivity index (χ0n) is 19.5. The quantitative estimate of drug-likeness (QED) is 0.418. The average Bonchev–Trinajstić information content (AvgIpc) is 3.45. The van der Waals surface area contributed by atoms with Gasteiger partial charge in [-0.05, 0) is 23.4 Å². The molecule has 0 amide bonds. The zero-order valence-corrected chi connectivity index (χ0v) is 20.3. The normalized spacial score (nSPS) is 22.5. The van der Waals surface area contributed by atoms with Gasteiger partial charge in [-0.2, -0.15) is 0 Å². The Morgan fingerprint density at radius 2 is 1.73 bits per heavy atom. The lowest BCUT2D eigenvalue weighted by Gasteiger charge is -2.50. The van der Waals surface area contributed by atoms with Gasteiger partial charge in [-0.25, -0.2) is 9.97 Å². The maximum Gasteiger partial charge on any atom is 0.152 e. The monoisotopic (exact) mass is 461 g/mol. The number of anilines is 1. The number of fused-ring (bicyclic) bond motifs is 6. The van der Waals surface area contributed by atoms with Crippen LogP contribution in [-0.2, 0) is 19.5 Å². The van der Waals surface area contributed by atoms with Gasteiger partial charge >= 0.3 is 0 Å². The SMILES string of the molecule is CCCCc1nc2c(N)nc3ccsc3c2n1Cc1ccc(C[N+]23CCN(CC2)CC3)cc1. The van der Waals surface area contributed by atoms with E-state index in [0.29, 0.717) is 5.82 Å². The maximum atomic E-state index is 6.34. The Labute approximate surface area is 199 Å². The van der Waals surface area contributed by atoms with E-state index in [1.54, 1.807) is 11.3 Å². The number of benzene rings is 1. The van der Waals surface area contributed by atoms with Gasteiger partial charge in [-0.3, -0.25) is 4.90 Å². The predicted octanol–water partition coefficient (Wildman–Crippen LogP) is 4.27. The number of rotatable bonds is 7. The second-order valence-electron chi connectivity index (χ2n) is 9.88. The summed E-state index contributed by atoms with van der Waals surface area (Å²) in [7, 11) is 0. The highest BCUT2D eigenvalue weighted by atomic mass is 32.1. The van der Waals surface area contributed by atoms with Crippen LogP contribution in [0, 0.1) is 0 Å². The van der Waals surface area contributed by atoms with Crippen LogP contribution in [0.25, 0.3) is 21.3 Å². The van der Waals surface area contributed by atoms with Gasteiger partial charge in [0.15, 0.2) is 5.82 Å². The number of aromatic nitrogens is 3. The molecule has 0 aliphatic carbocycles. The van der Waals surface area contributed by atoms with Gasteiger partial charge in [0.05, 0.1) is 35.4 Å². The zero-order chi connectivity index (χ0) is 22.4. The van der Waals surface area contributed by atoms with Crippen LogP contribution in [0.2, 0.25) is 0 Å². The number of pyridine rings is 1. The first kappa shape index (κ1) is 21.1. The molecular weight excluding hydrogens is 428 g/mol. The fourth-order valence-corrected chi connectivity index (χ4v) is 6.53. The highest BCUT2D eigenvalue weighted by Crippen LogP contribution is 2.33. The molecule has 3 fully saturated rings. The number of quaternary nitrogens is 1. The number of imidazole rings is 1. The van der Waals surface area contributed by atoms with Crippen molar-refractivity contribution in [3.05, 3.63) is 52.7 Å². The molecule has 2 N–H and O–H groups in total. The van der Waals surface area contributed by atoms with Crippen molar-refractivity contribution in [2.24, 2.45) is 0 Å². The molecule has 3 aromatic heterocycles. The molecule has 0 saturated carbocycles. The van der Waals surface area contributed by atoms with Gasteiger partial charge in [0.1, 0.15) is 17.9 Å². The minimum absolute atomic E-state index is 0.540. The van der Waals surface area contributed by atoms with Crippen molar-refractivity contribution >= 4 is 38.4 Å². The lowest BCUT2D eigenvalue weighted by molar-refractivity contribution is -0.953. The smallest absolute Gasteiger partial charge is 0.152 e. The Hall–Kier alpha value is -2.48. The fraction of sp³-hybridized carbons (Fsp3) is 0.462. The summed E-state index contributed by atoms with van der Waals surface area (Å²) in [5, 5.41) is 2.10. The average molecular weight is 462 g/mol. The second-order valence-corrected chi connectivity index (χ2v) is 10.8. The van der Waals surface area contributed by atoms with Crippen molar-refractivity contribution in [2.75, 3.05) is 45.0 Å². The molecular formula is C26H33N6S+. The number of unbranched alkanes of at least 4 members (excludes halogenated alkanes) is 1. The summed E-state index contributed by atoms with van der Waals surface area (Å²) in [4.78, 5) is 12.2. The number of hydrogen-bond acceptors (Lipinski definition) is 5. The number of piperazine rings is 3. The molecule has 6 heterocycles. The summed E-state index contributed by atoms with van der Waals surface area (Å²) >= 11 is 1.73. The molecule has 33 heavy (non-hydrogen) atoms. The highest BCUT2D eigenvalue weighted by Gasteiger charge is 2.38. The summed E-state index contributed by atoms with van der Waals surface area (Å²) in [6, 6.07) is 11.4. The molecule has 1 aromatic carbocycles. The number of nitrogens with zero attached hydrogens (tertiary/aromatic N) is 5. The Morgan fingerprint density at radius 1 is 1.00 bits per heavy atom. The highest BCUT2D eigenvalue weighted by molar-refractivity contribution is 7.18. The Bertz CT molecular complexity index is 1270. The van der Waals surface area contributed by atoms with Crippen LogP contribution in [-0.4, -0.2) is 63.2 Å². The van der Waals surface area contributed by atoms with E-state index in [0.717, 1.165) is 48.2 Å². The molecule has 3 saturated heterocycles. The van der Waals surface area contributed by atoms with Gasteiger partial charge in [-0.1, -0.05) is 37.6 Å². The summed E-state index contributed by atoms with van der Waals surface area (Å²) in [5.74, 6) is 1.66. The van der Waals surface area contributed by atoms with E-state index in [9.17, 15) is 0 Å². The van der Waals surface area contributed by atoms with Crippen molar-refractivity contribution in [1.82, 2.24) is 19.4 Å². The molecule has 3 aliphatic rings. The van der Waals surface area contributed by atoms with E-state index in [1.165, 1.54) is 66.1 Å². The molecule has 3 aliphatic heterocycles. The number of thiophene rings is 1. The molecule has 172 valence electrons. The van der Waals surface area contributed by atoms with Crippen LogP contribution in [0.5, 0.6) is 0 Å². The van der Waals surface area contributed by atoms with Crippen molar-refractivity contribution in [1.29, 1.82) is 0 Å². The summed E-state index contributed by atoms with van der Waals surface area (Å²) in [5.41, 5.74) is 12.1. The minimum atomic E-state index is 0.540. The van der Waals surface area contributed by atoms with E-state index < -0.39 is 0 Å². The van der Waals surface area contributed by atoms with Crippen LogP contribution in [0.3, 0.4) is 0 Å². The molecule has 0 radical (unpaired) electrons. The Balaban J connectivity index is 1.32. The lowest BCUT2D eigenvalue weighted by atomic mass is 10.1. The lowest BCUT2D eigenvalue weighted by Crippen LogP contribution is -2.66. The fourth-order valence-electron chi connectivity index (χ4n) is 5.64. The third-order valence-corrected chi connectivity index (χ3v) is 8.61.